The highest BCUT2D eigenvalue weighted by molar-refractivity contribution is 14.0. The molecule has 31 heavy (non-hydrogen) atoms. The van der Waals surface area contributed by atoms with Crippen molar-refractivity contribution in [2.24, 2.45) is 22.2 Å². The van der Waals surface area contributed by atoms with Crippen LogP contribution in [0.3, 0.4) is 0 Å². The molecule has 2 N–H and O–H groups in total. The fourth-order valence-corrected chi connectivity index (χ4v) is 5.61. The van der Waals surface area contributed by atoms with Crippen LogP contribution >= 0.6 is 35.3 Å². The maximum Gasteiger partial charge on any atom is 0.191 e. The quantitative estimate of drug-likeness (QED) is 0.280. The standard InChI is InChI=1S/C24H42N4OS.HI/c1-5-25-23(27-16-20-10-7-13-29-22(20)24(2,3)4)26-15-19-9-6-12-28(17-19)18-21-11-8-14-30-21;/h8,11,14,19-20,22H,5-7,9-10,12-13,15-18H2,1-4H3,(H2,25,26,27);1H. The van der Waals surface area contributed by atoms with E-state index >= 15 is 0 Å². The van der Waals surface area contributed by atoms with Gasteiger partial charge in [-0.1, -0.05) is 26.8 Å². The normalized spacial score (nSPS) is 25.7. The molecular weight excluding hydrogens is 519 g/mol. The van der Waals surface area contributed by atoms with E-state index in [4.69, 9.17) is 9.73 Å². The number of guanidine groups is 1. The fourth-order valence-electron chi connectivity index (χ4n) is 4.87. The van der Waals surface area contributed by atoms with Gasteiger partial charge in [0.15, 0.2) is 5.96 Å². The van der Waals surface area contributed by atoms with E-state index in [1.54, 1.807) is 0 Å². The van der Waals surface area contributed by atoms with E-state index in [-0.39, 0.29) is 29.4 Å². The first-order valence-electron chi connectivity index (χ1n) is 11.8. The Bertz CT molecular complexity index is 647. The number of rotatable bonds is 7. The SMILES string of the molecule is CCNC(=NCC1CCCN(Cc2cccs2)C1)NCC1CCCOC1C(C)(C)C.I. The number of likely N-dealkylation sites (tertiary alicyclic amines) is 1. The molecule has 0 spiro atoms. The predicted octanol–water partition coefficient (Wildman–Crippen LogP) is 4.97. The monoisotopic (exact) mass is 562 g/mol. The number of nitrogens with one attached hydrogen (secondary N) is 2. The zero-order valence-electron chi connectivity index (χ0n) is 19.9. The van der Waals surface area contributed by atoms with Gasteiger partial charge in [-0.05, 0) is 61.9 Å². The lowest BCUT2D eigenvalue weighted by Crippen LogP contribution is -2.47. The largest absolute Gasteiger partial charge is 0.377 e. The van der Waals surface area contributed by atoms with Gasteiger partial charge in [0.1, 0.15) is 0 Å². The molecule has 0 bridgehead atoms. The van der Waals surface area contributed by atoms with E-state index < -0.39 is 0 Å². The third kappa shape index (κ3) is 8.82. The van der Waals surface area contributed by atoms with Crippen molar-refractivity contribution in [2.75, 3.05) is 39.3 Å². The lowest BCUT2D eigenvalue weighted by Gasteiger charge is -2.40. The van der Waals surface area contributed by atoms with Crippen LogP contribution in [0.25, 0.3) is 0 Å². The second kappa shape index (κ2) is 13.4. The third-order valence-electron chi connectivity index (χ3n) is 6.24. The maximum absolute atomic E-state index is 6.15. The van der Waals surface area contributed by atoms with Gasteiger partial charge in [0.05, 0.1) is 6.10 Å². The Balaban J connectivity index is 0.00000341. The van der Waals surface area contributed by atoms with Crippen molar-refractivity contribution in [1.82, 2.24) is 15.5 Å². The van der Waals surface area contributed by atoms with Crippen molar-refractivity contribution in [3.8, 4) is 0 Å². The molecule has 0 aliphatic carbocycles. The molecule has 0 saturated carbocycles. The van der Waals surface area contributed by atoms with Crippen LogP contribution < -0.4 is 10.6 Å². The van der Waals surface area contributed by atoms with Crippen LogP contribution in [0.1, 0.15) is 58.3 Å². The van der Waals surface area contributed by atoms with Gasteiger partial charge >= 0.3 is 0 Å². The minimum absolute atomic E-state index is 0. The van der Waals surface area contributed by atoms with Crippen LogP contribution in [-0.4, -0.2) is 56.3 Å². The minimum Gasteiger partial charge on any atom is -0.377 e. The van der Waals surface area contributed by atoms with Gasteiger partial charge in [0.2, 0.25) is 0 Å². The lowest BCUT2D eigenvalue weighted by molar-refractivity contribution is -0.0835. The average molecular weight is 563 g/mol. The molecule has 3 heterocycles. The average Bonchev–Trinajstić information content (AvgIpc) is 3.23. The summed E-state index contributed by atoms with van der Waals surface area (Å²) in [6.07, 6.45) is 5.27. The molecule has 0 radical (unpaired) electrons. The number of ether oxygens (including phenoxy) is 1. The van der Waals surface area contributed by atoms with Crippen LogP contribution in [0.2, 0.25) is 0 Å². The smallest absolute Gasteiger partial charge is 0.191 e. The first kappa shape index (κ1) is 26.9. The topological polar surface area (TPSA) is 48.9 Å². The molecule has 3 rings (SSSR count). The molecule has 5 nitrogen and oxygen atoms in total. The molecule has 178 valence electrons. The van der Waals surface area contributed by atoms with Crippen LogP contribution in [-0.2, 0) is 11.3 Å². The zero-order valence-corrected chi connectivity index (χ0v) is 23.0. The van der Waals surface area contributed by atoms with E-state index in [1.807, 2.05) is 11.3 Å². The number of hydrogen-bond donors (Lipinski definition) is 2. The van der Waals surface area contributed by atoms with E-state index in [0.29, 0.717) is 17.9 Å². The highest BCUT2D eigenvalue weighted by atomic mass is 127. The second-order valence-electron chi connectivity index (χ2n) is 9.98. The molecule has 2 aliphatic rings. The number of nitrogens with zero attached hydrogens (tertiary/aromatic N) is 2. The van der Waals surface area contributed by atoms with E-state index in [9.17, 15) is 0 Å². The van der Waals surface area contributed by atoms with Gasteiger partial charge in [-0.3, -0.25) is 9.89 Å². The third-order valence-corrected chi connectivity index (χ3v) is 7.11. The van der Waals surface area contributed by atoms with E-state index in [1.165, 1.54) is 30.7 Å². The van der Waals surface area contributed by atoms with Crippen molar-refractivity contribution in [3.05, 3.63) is 22.4 Å². The summed E-state index contributed by atoms with van der Waals surface area (Å²) in [7, 11) is 0. The maximum atomic E-state index is 6.15. The molecule has 2 aliphatic heterocycles. The molecule has 0 aromatic carbocycles. The summed E-state index contributed by atoms with van der Waals surface area (Å²) in [6.45, 7) is 16.1. The van der Waals surface area contributed by atoms with Gasteiger partial charge in [-0.15, -0.1) is 35.3 Å². The van der Waals surface area contributed by atoms with Crippen molar-refractivity contribution < 1.29 is 4.74 Å². The zero-order chi connectivity index (χ0) is 21.4. The summed E-state index contributed by atoms with van der Waals surface area (Å²) in [5, 5.41) is 9.25. The molecular formula is C24H43IN4OS. The molecule has 1 aromatic heterocycles. The Morgan fingerprint density at radius 3 is 2.81 bits per heavy atom. The Labute approximate surface area is 210 Å². The van der Waals surface area contributed by atoms with Crippen molar-refractivity contribution >= 4 is 41.3 Å². The minimum atomic E-state index is 0. The summed E-state index contributed by atoms with van der Waals surface area (Å²) < 4.78 is 6.15. The highest BCUT2D eigenvalue weighted by Crippen LogP contribution is 2.33. The van der Waals surface area contributed by atoms with Crippen LogP contribution in [0.4, 0.5) is 0 Å². The lowest BCUT2D eigenvalue weighted by atomic mass is 9.78. The van der Waals surface area contributed by atoms with Crippen molar-refractivity contribution in [1.29, 1.82) is 0 Å². The summed E-state index contributed by atoms with van der Waals surface area (Å²) in [5.74, 6) is 2.15. The van der Waals surface area contributed by atoms with Gasteiger partial charge in [0, 0.05) is 50.1 Å². The highest BCUT2D eigenvalue weighted by Gasteiger charge is 2.35. The number of thiophene rings is 1. The van der Waals surface area contributed by atoms with Crippen molar-refractivity contribution in [2.45, 2.75) is 66.0 Å². The van der Waals surface area contributed by atoms with Gasteiger partial charge < -0.3 is 15.4 Å². The number of halogens is 1. The Kier molecular flexibility index (Phi) is 11.6. The predicted molar refractivity (Wildman–Crippen MR) is 144 cm³/mol. The molecule has 7 heteroatoms. The molecule has 0 amide bonds. The molecule has 1 aromatic rings. The summed E-state index contributed by atoms with van der Waals surface area (Å²) in [4.78, 5) is 9.04. The van der Waals surface area contributed by atoms with Crippen LogP contribution in [0.15, 0.2) is 22.5 Å². The second-order valence-corrected chi connectivity index (χ2v) is 11.0. The summed E-state index contributed by atoms with van der Waals surface area (Å²) in [5.41, 5.74) is 0.177. The fraction of sp³-hybridized carbons (Fsp3) is 0.792. The Hall–Kier alpha value is -0.380. The van der Waals surface area contributed by atoms with Gasteiger partial charge in [-0.25, -0.2) is 0 Å². The summed E-state index contributed by atoms with van der Waals surface area (Å²) in [6, 6.07) is 4.40. The van der Waals surface area contributed by atoms with E-state index in [2.05, 4.69) is 60.7 Å². The number of hydrogen-bond acceptors (Lipinski definition) is 4. The van der Waals surface area contributed by atoms with Gasteiger partial charge in [-0.2, -0.15) is 0 Å². The van der Waals surface area contributed by atoms with Gasteiger partial charge in [0.25, 0.3) is 0 Å². The molecule has 3 atom stereocenters. The number of aliphatic imine (C=N–C) groups is 1. The first-order valence-corrected chi connectivity index (χ1v) is 12.7. The van der Waals surface area contributed by atoms with Crippen molar-refractivity contribution in [3.63, 3.8) is 0 Å². The molecule has 3 unspecified atom stereocenters. The summed E-state index contributed by atoms with van der Waals surface area (Å²) >= 11 is 1.87. The van der Waals surface area contributed by atoms with E-state index in [0.717, 1.165) is 51.7 Å². The molecule has 2 saturated heterocycles. The first-order chi connectivity index (χ1) is 14.5. The number of piperidine rings is 1. The molecule has 2 fully saturated rings. The Morgan fingerprint density at radius 2 is 2.10 bits per heavy atom. The Morgan fingerprint density at radius 1 is 1.26 bits per heavy atom. The van der Waals surface area contributed by atoms with Crippen LogP contribution in [0.5, 0.6) is 0 Å². The van der Waals surface area contributed by atoms with Crippen LogP contribution in [0, 0.1) is 17.3 Å².